The lowest BCUT2D eigenvalue weighted by Gasteiger charge is -2.29. The monoisotopic (exact) mass is 637 g/mol. The Hall–Kier alpha value is -4.25. The van der Waals surface area contributed by atoms with Gasteiger partial charge in [-0.3, -0.25) is 9.78 Å². The van der Waals surface area contributed by atoms with Crippen molar-refractivity contribution in [3.05, 3.63) is 111 Å². The number of hydrogen-bond donors (Lipinski definition) is 1. The predicted octanol–water partition coefficient (Wildman–Crippen LogP) is 7.43. The molecular weight excluding hydrogens is 608 g/mol. The van der Waals surface area contributed by atoms with Crippen molar-refractivity contribution in [1.29, 1.82) is 0 Å². The van der Waals surface area contributed by atoms with Gasteiger partial charge in [0.1, 0.15) is 11.4 Å². The van der Waals surface area contributed by atoms with Gasteiger partial charge in [-0.1, -0.05) is 41.4 Å². The van der Waals surface area contributed by atoms with E-state index in [0.29, 0.717) is 43.8 Å². The van der Waals surface area contributed by atoms with E-state index in [1.165, 1.54) is 17.2 Å². The van der Waals surface area contributed by atoms with Crippen molar-refractivity contribution in [1.82, 2.24) is 25.1 Å². The summed E-state index contributed by atoms with van der Waals surface area (Å²) in [6.07, 6.45) is 2.56. The maximum Gasteiger partial charge on any atom is 0.528 e. The fraction of sp³-hybridized carbons (Fsp3) is 0.250. The van der Waals surface area contributed by atoms with E-state index in [4.69, 9.17) is 37.9 Å². The Morgan fingerprint density at radius 2 is 1.82 bits per heavy atom. The van der Waals surface area contributed by atoms with Crippen molar-refractivity contribution in [3.63, 3.8) is 0 Å². The summed E-state index contributed by atoms with van der Waals surface area (Å²) in [7, 11) is 0. The highest BCUT2D eigenvalue weighted by Gasteiger charge is 2.35. The van der Waals surface area contributed by atoms with Crippen LogP contribution in [0.15, 0.2) is 66.9 Å². The summed E-state index contributed by atoms with van der Waals surface area (Å²) >= 11 is 12.8. The molecule has 12 heteroatoms. The first-order chi connectivity index (χ1) is 20.9. The Balaban J connectivity index is 1.64. The van der Waals surface area contributed by atoms with Crippen LogP contribution in [0, 0.1) is 5.82 Å². The van der Waals surface area contributed by atoms with E-state index in [1.54, 1.807) is 68.0 Å². The van der Waals surface area contributed by atoms with Crippen molar-refractivity contribution in [2.45, 2.75) is 45.9 Å². The van der Waals surface area contributed by atoms with Crippen molar-refractivity contribution < 1.29 is 23.6 Å². The van der Waals surface area contributed by atoms with Crippen LogP contribution in [0.2, 0.25) is 10.0 Å². The molecule has 0 saturated carbocycles. The minimum atomic E-state index is -0.898. The molecule has 4 aromatic rings. The average molecular weight is 639 g/mol. The zero-order valence-electron chi connectivity index (χ0n) is 24.5. The van der Waals surface area contributed by atoms with Gasteiger partial charge in [0.05, 0.1) is 41.2 Å². The van der Waals surface area contributed by atoms with Gasteiger partial charge >= 0.3 is 6.16 Å². The highest BCUT2D eigenvalue weighted by molar-refractivity contribution is 6.35. The van der Waals surface area contributed by atoms with Crippen LogP contribution in [0.1, 0.15) is 66.7 Å². The van der Waals surface area contributed by atoms with Gasteiger partial charge in [-0.25, -0.2) is 13.9 Å². The second-order valence-electron chi connectivity index (χ2n) is 11.2. The number of hydrogen-bond acceptors (Lipinski definition) is 7. The van der Waals surface area contributed by atoms with Crippen LogP contribution in [-0.2, 0) is 16.1 Å². The van der Waals surface area contributed by atoms with Crippen LogP contribution >= 0.6 is 23.2 Å². The van der Waals surface area contributed by atoms with Crippen LogP contribution in [0.3, 0.4) is 0 Å². The molecule has 1 unspecified atom stereocenters. The molecule has 44 heavy (non-hydrogen) atoms. The summed E-state index contributed by atoms with van der Waals surface area (Å²) < 4.78 is 20.7. The lowest BCUT2D eigenvalue weighted by Crippen LogP contribution is -2.36. The second kappa shape index (κ2) is 12.8. The molecule has 0 fully saturated rings. The summed E-state index contributed by atoms with van der Waals surface area (Å²) in [5.41, 5.74) is 2.80. The third-order valence-corrected chi connectivity index (χ3v) is 7.14. The normalized spacial score (nSPS) is 15.0. The molecular formula is C32H30Cl2FN5O4. The van der Waals surface area contributed by atoms with E-state index in [0.717, 1.165) is 0 Å². The van der Waals surface area contributed by atoms with Crippen molar-refractivity contribution in [2.24, 2.45) is 0 Å². The molecule has 2 aromatic heterocycles. The summed E-state index contributed by atoms with van der Waals surface area (Å²) in [4.78, 5) is 36.4. The lowest BCUT2D eigenvalue weighted by molar-refractivity contribution is -0.142. The van der Waals surface area contributed by atoms with E-state index in [1.807, 2.05) is 25.1 Å². The first kappa shape index (κ1) is 31.2. The third kappa shape index (κ3) is 7.27. The van der Waals surface area contributed by atoms with Gasteiger partial charge in [0.15, 0.2) is 5.69 Å². The third-order valence-electron chi connectivity index (χ3n) is 6.60. The number of nitrogens with zero attached hydrogens (tertiary/aromatic N) is 4. The first-order valence-electron chi connectivity index (χ1n) is 13.8. The van der Waals surface area contributed by atoms with E-state index >= 15 is 0 Å². The van der Waals surface area contributed by atoms with Gasteiger partial charge in [0.2, 0.25) is 0 Å². The minimum Gasteiger partial charge on any atom is -0.427 e. The molecule has 0 bridgehead atoms. The number of carbonyl (C=O) groups is 2. The van der Waals surface area contributed by atoms with Gasteiger partial charge in [0, 0.05) is 16.8 Å². The standard InChI is InChI=1S/C32H30Cl2FN5O4/c1-19(26-7-5-6-14-36-26)37-30(41)28-24-18-39(44-31(42)43-32(2,3)4)17-21(15-20-8-11-23(35)12-9-20)29(24)40(38-28)27-13-10-22(33)16-25(27)34/h5-16,19H,17-18H2,1-4H3,(H,37,41)/b21-15+. The fourth-order valence-electron chi connectivity index (χ4n) is 4.72. The predicted molar refractivity (Wildman–Crippen MR) is 166 cm³/mol. The summed E-state index contributed by atoms with van der Waals surface area (Å²) in [6, 6.07) is 15.9. The number of benzene rings is 2. The molecule has 0 aliphatic carbocycles. The Bertz CT molecular complexity index is 1720. The van der Waals surface area contributed by atoms with Crippen molar-refractivity contribution >= 4 is 46.9 Å². The molecule has 1 aliphatic heterocycles. The van der Waals surface area contributed by atoms with Crippen LogP contribution in [-0.4, -0.2) is 44.0 Å². The summed E-state index contributed by atoms with van der Waals surface area (Å²) in [6.45, 7) is 7.12. The van der Waals surface area contributed by atoms with Gasteiger partial charge < -0.3 is 14.9 Å². The van der Waals surface area contributed by atoms with Crippen molar-refractivity contribution in [3.8, 4) is 5.69 Å². The molecule has 3 heterocycles. The Labute approximate surface area is 264 Å². The fourth-order valence-corrected chi connectivity index (χ4v) is 5.21. The van der Waals surface area contributed by atoms with E-state index in [9.17, 15) is 14.0 Å². The van der Waals surface area contributed by atoms with Crippen LogP contribution in [0.25, 0.3) is 17.3 Å². The summed E-state index contributed by atoms with van der Waals surface area (Å²) in [5, 5.41) is 9.83. The Kier molecular flexibility index (Phi) is 9.05. The Morgan fingerprint density at radius 1 is 1.07 bits per heavy atom. The molecule has 228 valence electrons. The molecule has 2 aromatic carbocycles. The second-order valence-corrected chi connectivity index (χ2v) is 12.1. The Morgan fingerprint density at radius 3 is 2.48 bits per heavy atom. The molecule has 1 atom stereocenters. The van der Waals surface area contributed by atoms with Gasteiger partial charge in [-0.2, -0.15) is 5.10 Å². The molecule has 0 radical (unpaired) electrons. The van der Waals surface area contributed by atoms with Crippen LogP contribution < -0.4 is 5.32 Å². The van der Waals surface area contributed by atoms with Crippen LogP contribution in [0.5, 0.6) is 0 Å². The number of rotatable bonds is 6. The van der Waals surface area contributed by atoms with Gasteiger partial charge in [-0.15, -0.1) is 5.06 Å². The topological polar surface area (TPSA) is 98.6 Å². The molecule has 1 N–H and O–H groups in total. The highest BCUT2D eigenvalue weighted by Crippen LogP contribution is 2.36. The van der Waals surface area contributed by atoms with E-state index in [-0.39, 0.29) is 24.6 Å². The number of aromatic nitrogens is 3. The number of carbonyl (C=O) groups excluding carboxylic acids is 2. The number of pyridine rings is 1. The van der Waals surface area contributed by atoms with Gasteiger partial charge in [-0.05, 0) is 87.4 Å². The van der Waals surface area contributed by atoms with Crippen molar-refractivity contribution in [2.75, 3.05) is 6.54 Å². The smallest absolute Gasteiger partial charge is 0.427 e. The zero-order chi connectivity index (χ0) is 31.6. The maximum atomic E-state index is 13.8. The highest BCUT2D eigenvalue weighted by atomic mass is 35.5. The van der Waals surface area contributed by atoms with Crippen LogP contribution in [0.4, 0.5) is 9.18 Å². The van der Waals surface area contributed by atoms with Gasteiger partial charge in [0.25, 0.3) is 5.91 Å². The maximum absolute atomic E-state index is 13.8. The average Bonchev–Trinajstić information content (AvgIpc) is 3.33. The molecule has 0 spiro atoms. The minimum absolute atomic E-state index is 0.0151. The molecule has 1 aliphatic rings. The first-order valence-corrected chi connectivity index (χ1v) is 14.5. The lowest BCUT2D eigenvalue weighted by atomic mass is 9.98. The summed E-state index contributed by atoms with van der Waals surface area (Å²) in [5.74, 6) is -0.853. The number of nitrogens with one attached hydrogen (secondary N) is 1. The molecule has 1 amide bonds. The van der Waals surface area contributed by atoms with E-state index < -0.39 is 23.7 Å². The quantitative estimate of drug-likeness (QED) is 0.220. The number of hydroxylamine groups is 2. The number of ether oxygens (including phenoxy) is 1. The van der Waals surface area contributed by atoms with E-state index in [2.05, 4.69) is 10.3 Å². The molecule has 9 nitrogen and oxygen atoms in total. The SMILES string of the molecule is CC(NC(=O)c1nn(-c2ccc(Cl)cc2Cl)c2c1CN(OC(=O)OC(C)(C)C)C/C2=C\c1ccc(F)cc1)c1ccccn1. The molecule has 0 saturated heterocycles. The zero-order valence-corrected chi connectivity index (χ0v) is 26.0. The number of amides is 1. The largest absolute Gasteiger partial charge is 0.528 e. The number of halogens is 3. The molecule has 5 rings (SSSR count). The number of fused-ring (bicyclic) bond motifs is 1.